The van der Waals surface area contributed by atoms with Crippen LogP contribution in [0.1, 0.15) is 106 Å². The molecule has 0 unspecified atom stereocenters. The molecule has 1 N–H and O–H groups in total. The third-order valence-corrected chi connectivity index (χ3v) is 23.1. The summed E-state index contributed by atoms with van der Waals surface area (Å²) in [4.78, 5) is 0. The third-order valence-electron chi connectivity index (χ3n) is 11.1. The van der Waals surface area contributed by atoms with Gasteiger partial charge in [0.15, 0.2) is 16.6 Å². The van der Waals surface area contributed by atoms with Crippen molar-refractivity contribution in [3.8, 4) is 17.6 Å². The highest BCUT2D eigenvalue weighted by Crippen LogP contribution is 2.42. The van der Waals surface area contributed by atoms with Crippen LogP contribution in [0.25, 0.3) is 0 Å². The summed E-state index contributed by atoms with van der Waals surface area (Å²) in [6.07, 6.45) is 5.15. The first-order valence-corrected chi connectivity index (χ1v) is 26.6. The Kier molecular flexibility index (Phi) is 18.4. The summed E-state index contributed by atoms with van der Waals surface area (Å²) in [5.74, 6) is 10.2. The summed E-state index contributed by atoms with van der Waals surface area (Å²) in [6, 6.07) is 8.11. The van der Waals surface area contributed by atoms with Crippen LogP contribution < -0.4 is 4.74 Å². The molecule has 0 saturated carbocycles. The fraction of sp³-hybridized carbons (Fsp3) is 0.800. The molecule has 9 heteroatoms. The van der Waals surface area contributed by atoms with E-state index in [4.69, 9.17) is 18.3 Å². The van der Waals surface area contributed by atoms with Gasteiger partial charge in [-0.3, -0.25) is 0 Å². The maximum absolute atomic E-state index is 11.4. The number of rotatable bonds is 18. The lowest BCUT2D eigenvalue weighted by Gasteiger charge is -2.42. The predicted molar refractivity (Wildman–Crippen MR) is 220 cm³/mol. The van der Waals surface area contributed by atoms with Crippen molar-refractivity contribution in [3.05, 3.63) is 29.8 Å². The molecule has 2 rings (SSSR count). The normalized spacial score (nSPS) is 18.9. The van der Waals surface area contributed by atoms with Crippen molar-refractivity contribution in [2.24, 2.45) is 11.8 Å². The Balaban J connectivity index is 2.12. The molecule has 1 aliphatic heterocycles. The standard InChI is InChI=1S/C40H72O5S2Si2/c1-15-33(43-29-32-21-23-34(42-10)24-22-32)27-36(44-48(11,12)39(4,5)6)30(2)19-16-17-20-35(41)31(3)37(28-38-46-25-18-26-47-38)45-49(13,14)40(7,8)9/h21-24,30-31,33,35-38,41H,15-16,18-19,25-29H2,1-14H3/t30-,31-,33+,35+,36-,37-/m0/s1. The van der Waals surface area contributed by atoms with Gasteiger partial charge in [-0.05, 0) is 103 Å². The van der Waals surface area contributed by atoms with Crippen LogP contribution in [0.3, 0.4) is 0 Å². The average Bonchev–Trinajstić information content (AvgIpc) is 3.03. The van der Waals surface area contributed by atoms with Crippen LogP contribution >= 0.6 is 23.5 Å². The van der Waals surface area contributed by atoms with Gasteiger partial charge in [0.25, 0.3) is 0 Å². The highest BCUT2D eigenvalue weighted by molar-refractivity contribution is 8.17. The lowest BCUT2D eigenvalue weighted by atomic mass is 9.93. The molecule has 0 spiro atoms. The van der Waals surface area contributed by atoms with Crippen molar-refractivity contribution in [3.63, 3.8) is 0 Å². The van der Waals surface area contributed by atoms with Crippen molar-refractivity contribution in [2.45, 2.75) is 173 Å². The van der Waals surface area contributed by atoms with E-state index in [9.17, 15) is 5.11 Å². The summed E-state index contributed by atoms with van der Waals surface area (Å²) in [7, 11) is -2.33. The summed E-state index contributed by atoms with van der Waals surface area (Å²) in [5.41, 5.74) is 1.14. The molecule has 1 aliphatic rings. The highest BCUT2D eigenvalue weighted by Gasteiger charge is 2.42. The molecule has 0 bridgehead atoms. The van der Waals surface area contributed by atoms with Gasteiger partial charge in [0.1, 0.15) is 11.9 Å². The largest absolute Gasteiger partial charge is 0.497 e. The number of aliphatic hydroxyl groups is 1. The number of benzene rings is 1. The molecule has 282 valence electrons. The van der Waals surface area contributed by atoms with Gasteiger partial charge in [-0.2, -0.15) is 0 Å². The Morgan fingerprint density at radius 1 is 0.898 bits per heavy atom. The monoisotopic (exact) mass is 752 g/mol. The molecule has 49 heavy (non-hydrogen) atoms. The van der Waals surface area contributed by atoms with Crippen LogP contribution in [0.2, 0.25) is 36.3 Å². The number of thioether (sulfide) groups is 2. The second-order valence-corrected chi connectivity index (χ2v) is 29.6. The van der Waals surface area contributed by atoms with Gasteiger partial charge in [-0.15, -0.1) is 29.4 Å². The first-order valence-electron chi connectivity index (χ1n) is 18.7. The summed E-state index contributed by atoms with van der Waals surface area (Å²) in [5, 5.41) is 11.6. The maximum atomic E-state index is 11.4. The molecular formula is C40H72O5S2Si2. The molecule has 0 amide bonds. The fourth-order valence-corrected chi connectivity index (χ4v) is 11.1. The van der Waals surface area contributed by atoms with Gasteiger partial charge < -0.3 is 23.4 Å². The molecule has 1 heterocycles. The smallest absolute Gasteiger partial charge is 0.192 e. The number of methoxy groups -OCH3 is 1. The Morgan fingerprint density at radius 3 is 1.96 bits per heavy atom. The minimum Gasteiger partial charge on any atom is -0.497 e. The SMILES string of the molecule is CC[C@H](C[C@H](O[Si](C)(C)C(C)(C)C)[C@@H](C)CCC#C[C@@H](O)[C@H](C)[C@H](CC1SCCCS1)O[Si](C)(C)C(C)(C)C)OCc1ccc(OC)cc1. The molecular weight excluding hydrogens is 681 g/mol. The third kappa shape index (κ3) is 14.8. The minimum atomic E-state index is -2.01. The first kappa shape index (κ1) is 44.7. The van der Waals surface area contributed by atoms with Crippen LogP contribution in [-0.2, 0) is 20.2 Å². The van der Waals surface area contributed by atoms with E-state index in [0.29, 0.717) is 17.1 Å². The van der Waals surface area contributed by atoms with Gasteiger partial charge in [0.2, 0.25) is 0 Å². The Labute approximate surface area is 312 Å². The molecule has 5 nitrogen and oxygen atoms in total. The van der Waals surface area contributed by atoms with Crippen LogP contribution in [0.15, 0.2) is 24.3 Å². The topological polar surface area (TPSA) is 57.2 Å². The zero-order chi connectivity index (χ0) is 37.0. The van der Waals surface area contributed by atoms with E-state index < -0.39 is 22.7 Å². The van der Waals surface area contributed by atoms with E-state index in [-0.39, 0.29) is 34.3 Å². The van der Waals surface area contributed by atoms with E-state index >= 15 is 0 Å². The lowest BCUT2D eigenvalue weighted by molar-refractivity contribution is -0.00787. The van der Waals surface area contributed by atoms with Crippen LogP contribution in [0.4, 0.5) is 0 Å². The molecule has 0 radical (unpaired) electrons. The lowest BCUT2D eigenvalue weighted by Crippen LogP contribution is -2.47. The zero-order valence-corrected chi connectivity index (χ0v) is 37.2. The quantitative estimate of drug-likeness (QED) is 0.118. The molecule has 1 saturated heterocycles. The number of hydrogen-bond acceptors (Lipinski definition) is 7. The number of aliphatic hydroxyl groups excluding tert-OH is 1. The predicted octanol–water partition coefficient (Wildman–Crippen LogP) is 11.2. The van der Waals surface area contributed by atoms with E-state index in [1.54, 1.807) is 7.11 Å². The maximum Gasteiger partial charge on any atom is 0.192 e. The van der Waals surface area contributed by atoms with E-state index in [1.807, 2.05) is 12.1 Å². The zero-order valence-electron chi connectivity index (χ0n) is 33.6. The van der Waals surface area contributed by atoms with Crippen molar-refractivity contribution >= 4 is 40.2 Å². The van der Waals surface area contributed by atoms with Crippen LogP contribution in [0, 0.1) is 23.7 Å². The second kappa shape index (κ2) is 20.1. The summed E-state index contributed by atoms with van der Waals surface area (Å²) >= 11 is 4.11. The van der Waals surface area contributed by atoms with Gasteiger partial charge in [0.05, 0.1) is 36.6 Å². The van der Waals surface area contributed by atoms with Crippen molar-refractivity contribution in [1.82, 2.24) is 0 Å². The highest BCUT2D eigenvalue weighted by atomic mass is 32.2. The van der Waals surface area contributed by atoms with Gasteiger partial charge in [-0.25, -0.2) is 0 Å². The number of ether oxygens (including phenoxy) is 2. The van der Waals surface area contributed by atoms with Crippen LogP contribution in [-0.4, -0.2) is 69.4 Å². The molecule has 1 aromatic carbocycles. The molecule has 1 fully saturated rings. The number of hydrogen-bond donors (Lipinski definition) is 1. The molecule has 6 atom stereocenters. The Hall–Kier alpha value is -0.446. The average molecular weight is 753 g/mol. The molecule has 0 aromatic heterocycles. The van der Waals surface area contributed by atoms with Crippen molar-refractivity contribution in [1.29, 1.82) is 0 Å². The molecule has 0 aliphatic carbocycles. The van der Waals surface area contributed by atoms with Gasteiger partial charge >= 0.3 is 0 Å². The molecule has 1 aromatic rings. The van der Waals surface area contributed by atoms with Gasteiger partial charge in [-0.1, -0.05) is 80.4 Å². The van der Waals surface area contributed by atoms with Gasteiger partial charge in [0, 0.05) is 12.3 Å². The van der Waals surface area contributed by atoms with E-state index in [1.165, 1.54) is 17.9 Å². The van der Waals surface area contributed by atoms with Crippen molar-refractivity contribution in [2.75, 3.05) is 18.6 Å². The van der Waals surface area contributed by atoms with E-state index in [0.717, 1.165) is 43.4 Å². The minimum absolute atomic E-state index is 0.00141. The summed E-state index contributed by atoms with van der Waals surface area (Å²) < 4.78 is 26.4. The summed E-state index contributed by atoms with van der Waals surface area (Å²) in [6.45, 7) is 30.3. The van der Waals surface area contributed by atoms with E-state index in [2.05, 4.69) is 136 Å². The Morgan fingerprint density at radius 2 is 1.45 bits per heavy atom. The fourth-order valence-electron chi connectivity index (χ4n) is 5.28. The Bertz CT molecular complexity index is 1150. The van der Waals surface area contributed by atoms with Crippen LogP contribution in [0.5, 0.6) is 5.75 Å². The second-order valence-electron chi connectivity index (χ2n) is 17.2. The van der Waals surface area contributed by atoms with Crippen molar-refractivity contribution < 1.29 is 23.4 Å². The first-order chi connectivity index (χ1) is 22.7.